The minimum atomic E-state index is -0.808. The van der Waals surface area contributed by atoms with Gasteiger partial charge in [0.1, 0.15) is 11.5 Å². The van der Waals surface area contributed by atoms with Crippen molar-refractivity contribution in [2.45, 2.75) is 75.5 Å². The standard InChI is InChI=1S/C32H36FN3O/c1-23-20-31(14-8-9-15-31)36-29-27(23)18-26(33)19-28(29)32(30(36)37)34(21-24-10-4-2-5-11-24)16-17-35(32)22-25-12-6-3-7-13-25/h2-7,10-13,18-19,23,30,37H,8-9,14-17,20-22H2,1H3/t23-,30+/m0/s1. The zero-order valence-corrected chi connectivity index (χ0v) is 21.6. The Labute approximate surface area is 219 Å². The maximum atomic E-state index is 15.4. The fourth-order valence-corrected chi connectivity index (χ4v) is 8.20. The van der Waals surface area contributed by atoms with Gasteiger partial charge in [-0.2, -0.15) is 0 Å². The summed E-state index contributed by atoms with van der Waals surface area (Å²) in [4.78, 5) is 7.22. The van der Waals surface area contributed by atoms with Gasteiger partial charge in [-0.1, -0.05) is 80.4 Å². The molecule has 3 aromatic rings. The molecule has 0 amide bonds. The largest absolute Gasteiger partial charge is 0.370 e. The molecule has 1 saturated carbocycles. The summed E-state index contributed by atoms with van der Waals surface area (Å²) in [5.74, 6) is 0.0790. The Balaban J connectivity index is 1.43. The van der Waals surface area contributed by atoms with Crippen molar-refractivity contribution in [3.05, 3.63) is 101 Å². The van der Waals surface area contributed by atoms with Crippen molar-refractivity contribution < 1.29 is 9.50 Å². The molecule has 7 rings (SSSR count). The highest BCUT2D eigenvalue weighted by Gasteiger charge is 2.65. The van der Waals surface area contributed by atoms with Gasteiger partial charge in [-0.3, -0.25) is 9.80 Å². The second-order valence-electron chi connectivity index (χ2n) is 11.7. The molecule has 1 aliphatic carbocycles. The fraction of sp³-hybridized carbons (Fsp3) is 0.438. The lowest BCUT2D eigenvalue weighted by Gasteiger charge is -2.51. The number of anilines is 1. The first-order valence-corrected chi connectivity index (χ1v) is 13.9. The third kappa shape index (κ3) is 3.37. The van der Waals surface area contributed by atoms with Crippen LogP contribution in [0.25, 0.3) is 0 Å². The Morgan fingerprint density at radius 1 is 0.865 bits per heavy atom. The summed E-state index contributed by atoms with van der Waals surface area (Å²) in [5.41, 5.74) is 4.69. The second kappa shape index (κ2) is 8.65. The minimum absolute atomic E-state index is 0.0542. The number of nitrogens with zero attached hydrogens (tertiary/aromatic N) is 3. The predicted octanol–water partition coefficient (Wildman–Crippen LogP) is 5.95. The summed E-state index contributed by atoms with van der Waals surface area (Å²) < 4.78 is 15.4. The molecular weight excluding hydrogens is 461 g/mol. The number of hydrogen-bond acceptors (Lipinski definition) is 4. The van der Waals surface area contributed by atoms with Crippen LogP contribution in [0, 0.1) is 5.82 Å². The first kappa shape index (κ1) is 23.4. The van der Waals surface area contributed by atoms with Crippen molar-refractivity contribution in [3.8, 4) is 0 Å². The van der Waals surface area contributed by atoms with Gasteiger partial charge in [0.15, 0.2) is 6.23 Å². The van der Waals surface area contributed by atoms with E-state index in [1.807, 2.05) is 12.1 Å². The molecule has 4 nitrogen and oxygen atoms in total. The van der Waals surface area contributed by atoms with E-state index in [1.54, 1.807) is 12.1 Å². The maximum absolute atomic E-state index is 15.4. The van der Waals surface area contributed by atoms with Gasteiger partial charge in [-0.25, -0.2) is 4.39 Å². The molecule has 0 bridgehead atoms. The Morgan fingerprint density at radius 2 is 1.43 bits per heavy atom. The van der Waals surface area contributed by atoms with Gasteiger partial charge in [0.25, 0.3) is 0 Å². The van der Waals surface area contributed by atoms with Gasteiger partial charge >= 0.3 is 0 Å². The van der Waals surface area contributed by atoms with Crippen LogP contribution < -0.4 is 4.90 Å². The highest BCUT2D eigenvalue weighted by molar-refractivity contribution is 5.72. The fourth-order valence-electron chi connectivity index (χ4n) is 8.20. The smallest absolute Gasteiger partial charge is 0.164 e. The lowest BCUT2D eigenvalue weighted by atomic mass is 9.77. The van der Waals surface area contributed by atoms with E-state index in [9.17, 15) is 5.11 Å². The number of hydrogen-bond donors (Lipinski definition) is 1. The molecule has 1 saturated heterocycles. The summed E-state index contributed by atoms with van der Waals surface area (Å²) in [6.07, 6.45) is 4.79. The molecule has 37 heavy (non-hydrogen) atoms. The number of rotatable bonds is 4. The van der Waals surface area contributed by atoms with Crippen molar-refractivity contribution >= 4 is 5.69 Å². The average Bonchev–Trinajstić information content (AvgIpc) is 3.57. The van der Waals surface area contributed by atoms with Gasteiger partial charge in [-0.15, -0.1) is 0 Å². The Bertz CT molecular complexity index is 1240. The van der Waals surface area contributed by atoms with E-state index in [1.165, 1.54) is 24.0 Å². The van der Waals surface area contributed by atoms with Gasteiger partial charge in [-0.05, 0) is 54.0 Å². The van der Waals surface area contributed by atoms with Crippen LogP contribution in [0.2, 0.25) is 0 Å². The zero-order chi connectivity index (χ0) is 25.2. The van der Waals surface area contributed by atoms with Crippen molar-refractivity contribution in [3.63, 3.8) is 0 Å². The predicted molar refractivity (Wildman–Crippen MR) is 144 cm³/mol. The third-order valence-electron chi connectivity index (χ3n) is 9.65. The molecule has 0 aromatic heterocycles. The molecule has 3 aromatic carbocycles. The number of halogens is 1. The van der Waals surface area contributed by atoms with Crippen molar-refractivity contribution in [2.24, 2.45) is 0 Å². The number of aliphatic hydroxyl groups excluding tert-OH is 1. The second-order valence-corrected chi connectivity index (χ2v) is 11.7. The summed E-state index contributed by atoms with van der Waals surface area (Å²) >= 11 is 0. The number of aliphatic hydroxyl groups is 1. The van der Waals surface area contributed by atoms with Crippen molar-refractivity contribution in [1.82, 2.24) is 9.80 Å². The molecule has 3 heterocycles. The molecule has 2 atom stereocenters. The van der Waals surface area contributed by atoms with E-state index in [0.717, 1.165) is 49.2 Å². The molecule has 192 valence electrons. The van der Waals surface area contributed by atoms with Gasteiger partial charge in [0, 0.05) is 43.0 Å². The minimum Gasteiger partial charge on any atom is -0.370 e. The molecule has 2 fully saturated rings. The SMILES string of the molecule is C[C@H]1CC2(CCCC2)N2c3c1cc(F)cc3C1([C@H]2O)N(Cc2ccccc2)CCN1Cc1ccccc1. The van der Waals surface area contributed by atoms with Crippen LogP contribution in [-0.4, -0.2) is 39.8 Å². The summed E-state index contributed by atoms with van der Waals surface area (Å²) in [6, 6.07) is 24.5. The van der Waals surface area contributed by atoms with Crippen molar-refractivity contribution in [1.29, 1.82) is 0 Å². The van der Waals surface area contributed by atoms with E-state index >= 15 is 4.39 Å². The molecule has 0 radical (unpaired) electrons. The van der Waals surface area contributed by atoms with Gasteiger partial charge < -0.3 is 10.0 Å². The number of fused-ring (bicyclic) bond motifs is 2. The zero-order valence-electron chi connectivity index (χ0n) is 21.6. The molecule has 5 heteroatoms. The summed E-state index contributed by atoms with van der Waals surface area (Å²) in [6.45, 7) is 5.32. The van der Waals surface area contributed by atoms with E-state index < -0.39 is 11.9 Å². The molecule has 0 unspecified atom stereocenters. The van der Waals surface area contributed by atoms with Crippen LogP contribution in [0.3, 0.4) is 0 Å². The Morgan fingerprint density at radius 3 is 2.00 bits per heavy atom. The molecule has 2 spiro atoms. The normalized spacial score (nSPS) is 25.9. The quantitative estimate of drug-likeness (QED) is 0.482. The first-order valence-electron chi connectivity index (χ1n) is 13.9. The Kier molecular flexibility index (Phi) is 5.47. The van der Waals surface area contributed by atoms with Crippen LogP contribution >= 0.6 is 0 Å². The highest BCUT2D eigenvalue weighted by atomic mass is 19.1. The first-order chi connectivity index (χ1) is 18.0. The van der Waals surface area contributed by atoms with Crippen LogP contribution in [-0.2, 0) is 18.8 Å². The van der Waals surface area contributed by atoms with E-state index in [4.69, 9.17) is 0 Å². The van der Waals surface area contributed by atoms with Gasteiger partial charge in [0.05, 0.1) is 0 Å². The van der Waals surface area contributed by atoms with Crippen LogP contribution in [0.4, 0.5) is 10.1 Å². The van der Waals surface area contributed by atoms with E-state index in [0.29, 0.717) is 13.1 Å². The highest BCUT2D eigenvalue weighted by Crippen LogP contribution is 2.62. The van der Waals surface area contributed by atoms with Gasteiger partial charge in [0.2, 0.25) is 0 Å². The average molecular weight is 498 g/mol. The van der Waals surface area contributed by atoms with Crippen LogP contribution in [0.5, 0.6) is 0 Å². The monoisotopic (exact) mass is 497 g/mol. The van der Waals surface area contributed by atoms with Crippen LogP contribution in [0.15, 0.2) is 72.8 Å². The van der Waals surface area contributed by atoms with Crippen molar-refractivity contribution in [2.75, 3.05) is 18.0 Å². The topological polar surface area (TPSA) is 30.0 Å². The molecule has 1 N–H and O–H groups in total. The summed E-state index contributed by atoms with van der Waals surface area (Å²) in [5, 5.41) is 12.6. The van der Waals surface area contributed by atoms with E-state index in [2.05, 4.69) is 70.2 Å². The maximum Gasteiger partial charge on any atom is 0.164 e. The third-order valence-corrected chi connectivity index (χ3v) is 9.65. The lowest BCUT2D eigenvalue weighted by Crippen LogP contribution is -2.63. The van der Waals surface area contributed by atoms with E-state index in [-0.39, 0.29) is 17.3 Å². The Hall–Kier alpha value is -2.73. The molecule has 3 aliphatic heterocycles. The molecule has 4 aliphatic rings. The molecular formula is C32H36FN3O. The number of benzene rings is 3. The summed E-state index contributed by atoms with van der Waals surface area (Å²) in [7, 11) is 0. The van der Waals surface area contributed by atoms with Crippen LogP contribution in [0.1, 0.15) is 67.2 Å². The lowest BCUT2D eigenvalue weighted by molar-refractivity contribution is -0.0992.